The van der Waals surface area contributed by atoms with E-state index >= 15 is 0 Å². The molecule has 4 rings (SSSR count). The van der Waals surface area contributed by atoms with Crippen LogP contribution in [0, 0.1) is 5.92 Å². The highest BCUT2D eigenvalue weighted by Crippen LogP contribution is 2.23. The largest absolute Gasteiger partial charge is 0.497 e. The number of hydrogen-bond donors (Lipinski definition) is 0. The van der Waals surface area contributed by atoms with Crippen LogP contribution in [0.2, 0.25) is 0 Å². The number of nitrogens with zero attached hydrogens (tertiary/aromatic N) is 5. The normalized spacial score (nSPS) is 15.2. The van der Waals surface area contributed by atoms with Gasteiger partial charge in [-0.3, -0.25) is 9.69 Å². The van der Waals surface area contributed by atoms with E-state index in [-0.39, 0.29) is 11.7 Å². The third-order valence-electron chi connectivity index (χ3n) is 5.76. The van der Waals surface area contributed by atoms with E-state index < -0.39 is 0 Å². The summed E-state index contributed by atoms with van der Waals surface area (Å²) >= 11 is 0. The van der Waals surface area contributed by atoms with Crippen molar-refractivity contribution in [2.45, 2.75) is 32.4 Å². The summed E-state index contributed by atoms with van der Waals surface area (Å²) in [5, 5.41) is 12.2. The molecule has 1 fully saturated rings. The van der Waals surface area contributed by atoms with Crippen LogP contribution in [0.4, 0.5) is 0 Å². The Hall–Kier alpha value is -3.06. The fourth-order valence-electron chi connectivity index (χ4n) is 3.93. The van der Waals surface area contributed by atoms with Crippen LogP contribution >= 0.6 is 0 Å². The SMILES string of the molecule is COc1ccc(C(=O)C2CCN(Cc3nnnn3CCc3ccccc3)CC2)cc1. The van der Waals surface area contributed by atoms with E-state index in [0.717, 1.165) is 56.0 Å². The summed E-state index contributed by atoms with van der Waals surface area (Å²) in [5.74, 6) is 1.95. The summed E-state index contributed by atoms with van der Waals surface area (Å²) in [6.45, 7) is 3.22. The lowest BCUT2D eigenvalue weighted by Crippen LogP contribution is -2.36. The first-order chi connectivity index (χ1) is 14.7. The number of ether oxygens (including phenoxy) is 1. The van der Waals surface area contributed by atoms with E-state index in [2.05, 4.69) is 32.6 Å². The molecule has 3 aromatic rings. The lowest BCUT2D eigenvalue weighted by atomic mass is 9.89. The van der Waals surface area contributed by atoms with Crippen molar-refractivity contribution in [1.29, 1.82) is 0 Å². The molecule has 2 heterocycles. The van der Waals surface area contributed by atoms with Crippen LogP contribution < -0.4 is 4.74 Å². The molecule has 1 aliphatic heterocycles. The maximum absolute atomic E-state index is 12.8. The van der Waals surface area contributed by atoms with Crippen molar-refractivity contribution >= 4 is 5.78 Å². The number of Topliss-reactive ketones (excluding diaryl/α,β-unsaturated/α-hetero) is 1. The average molecular weight is 406 g/mol. The van der Waals surface area contributed by atoms with Gasteiger partial charge in [0.15, 0.2) is 11.6 Å². The van der Waals surface area contributed by atoms with Gasteiger partial charge in [-0.1, -0.05) is 30.3 Å². The summed E-state index contributed by atoms with van der Waals surface area (Å²) in [6.07, 6.45) is 2.62. The molecular weight excluding hydrogens is 378 g/mol. The Morgan fingerprint density at radius 2 is 1.80 bits per heavy atom. The van der Waals surface area contributed by atoms with E-state index in [1.54, 1.807) is 7.11 Å². The molecule has 2 aromatic carbocycles. The predicted octanol–water partition coefficient (Wildman–Crippen LogP) is 3.02. The topological polar surface area (TPSA) is 73.1 Å². The summed E-state index contributed by atoms with van der Waals surface area (Å²) in [5.41, 5.74) is 2.04. The first-order valence-corrected chi connectivity index (χ1v) is 10.4. The molecule has 30 heavy (non-hydrogen) atoms. The van der Waals surface area contributed by atoms with Gasteiger partial charge in [0.1, 0.15) is 5.75 Å². The number of rotatable bonds is 8. The number of hydrogen-bond acceptors (Lipinski definition) is 6. The van der Waals surface area contributed by atoms with Crippen molar-refractivity contribution in [2.75, 3.05) is 20.2 Å². The quantitative estimate of drug-likeness (QED) is 0.537. The number of ketones is 1. The monoisotopic (exact) mass is 405 g/mol. The van der Waals surface area contributed by atoms with Crippen LogP contribution in [0.5, 0.6) is 5.75 Å². The van der Waals surface area contributed by atoms with Crippen LogP contribution in [0.15, 0.2) is 54.6 Å². The molecule has 0 unspecified atom stereocenters. The predicted molar refractivity (Wildman–Crippen MR) is 113 cm³/mol. The fraction of sp³-hybridized carbons (Fsp3) is 0.391. The Morgan fingerprint density at radius 1 is 1.07 bits per heavy atom. The second-order valence-electron chi connectivity index (χ2n) is 7.70. The van der Waals surface area contributed by atoms with Gasteiger partial charge >= 0.3 is 0 Å². The first kappa shape index (κ1) is 20.2. The van der Waals surface area contributed by atoms with Crippen molar-refractivity contribution in [3.63, 3.8) is 0 Å². The lowest BCUT2D eigenvalue weighted by molar-refractivity contribution is 0.0831. The van der Waals surface area contributed by atoms with Crippen molar-refractivity contribution in [3.8, 4) is 5.75 Å². The molecule has 0 radical (unpaired) electrons. The Kier molecular flexibility index (Phi) is 6.49. The summed E-state index contributed by atoms with van der Waals surface area (Å²) in [7, 11) is 1.63. The molecule has 1 aliphatic rings. The summed E-state index contributed by atoms with van der Waals surface area (Å²) in [6, 6.07) is 17.8. The first-order valence-electron chi connectivity index (χ1n) is 10.4. The van der Waals surface area contributed by atoms with E-state index in [1.165, 1.54) is 5.56 Å². The van der Waals surface area contributed by atoms with Gasteiger partial charge in [0.2, 0.25) is 0 Å². The fourth-order valence-corrected chi connectivity index (χ4v) is 3.93. The zero-order valence-corrected chi connectivity index (χ0v) is 17.3. The number of aromatic nitrogens is 4. The molecule has 0 N–H and O–H groups in total. The third-order valence-corrected chi connectivity index (χ3v) is 5.76. The lowest BCUT2D eigenvalue weighted by Gasteiger charge is -2.30. The van der Waals surface area contributed by atoms with Crippen LogP contribution in [0.25, 0.3) is 0 Å². The zero-order valence-electron chi connectivity index (χ0n) is 17.3. The van der Waals surface area contributed by atoms with Crippen molar-refractivity contribution in [2.24, 2.45) is 5.92 Å². The van der Waals surface area contributed by atoms with Gasteiger partial charge in [0, 0.05) is 18.0 Å². The minimum atomic E-state index is 0.0729. The van der Waals surface area contributed by atoms with E-state index in [9.17, 15) is 4.79 Å². The molecule has 0 atom stereocenters. The minimum Gasteiger partial charge on any atom is -0.497 e. The highest BCUT2D eigenvalue weighted by Gasteiger charge is 2.26. The highest BCUT2D eigenvalue weighted by molar-refractivity contribution is 5.98. The molecule has 1 aromatic heterocycles. The van der Waals surface area contributed by atoms with Crippen LogP contribution in [-0.4, -0.2) is 51.1 Å². The number of benzene rings is 2. The van der Waals surface area contributed by atoms with Crippen molar-refractivity contribution < 1.29 is 9.53 Å². The molecule has 7 nitrogen and oxygen atoms in total. The second-order valence-corrected chi connectivity index (χ2v) is 7.70. The molecular formula is C23H27N5O2. The molecule has 0 spiro atoms. The summed E-state index contributed by atoms with van der Waals surface area (Å²) < 4.78 is 7.06. The van der Waals surface area contributed by atoms with E-state index in [4.69, 9.17) is 4.74 Å². The van der Waals surface area contributed by atoms with Crippen molar-refractivity contribution in [1.82, 2.24) is 25.1 Å². The van der Waals surface area contributed by atoms with Gasteiger partial charge in [-0.2, -0.15) is 0 Å². The molecule has 0 aliphatic carbocycles. The molecule has 7 heteroatoms. The maximum atomic E-state index is 12.8. The average Bonchev–Trinajstić information content (AvgIpc) is 3.25. The van der Waals surface area contributed by atoms with Crippen molar-refractivity contribution in [3.05, 3.63) is 71.5 Å². The minimum absolute atomic E-state index is 0.0729. The Bertz CT molecular complexity index is 947. The standard InChI is InChI=1S/C23H27N5O2/c1-30-21-9-7-19(8-10-21)23(29)20-12-14-27(15-13-20)17-22-24-25-26-28(22)16-11-18-5-3-2-4-6-18/h2-10,20H,11-17H2,1H3. The molecule has 1 saturated heterocycles. The zero-order chi connectivity index (χ0) is 20.8. The number of tetrazole rings is 1. The Balaban J connectivity index is 1.29. The van der Waals surface area contributed by atoms with Gasteiger partial charge in [-0.25, -0.2) is 4.68 Å². The maximum Gasteiger partial charge on any atom is 0.166 e. The number of likely N-dealkylation sites (tertiary alicyclic amines) is 1. The van der Waals surface area contributed by atoms with E-state index in [1.807, 2.05) is 47.1 Å². The molecule has 0 amide bonds. The highest BCUT2D eigenvalue weighted by atomic mass is 16.5. The smallest absolute Gasteiger partial charge is 0.166 e. The second kappa shape index (κ2) is 9.63. The Morgan fingerprint density at radius 3 is 2.50 bits per heavy atom. The molecule has 156 valence electrons. The number of carbonyl (C=O) groups is 1. The number of methoxy groups -OCH3 is 1. The number of piperidine rings is 1. The van der Waals surface area contributed by atoms with Crippen LogP contribution in [0.3, 0.4) is 0 Å². The third kappa shape index (κ3) is 4.91. The summed E-state index contributed by atoms with van der Waals surface area (Å²) in [4.78, 5) is 15.1. The van der Waals surface area contributed by atoms with Gasteiger partial charge < -0.3 is 4.74 Å². The van der Waals surface area contributed by atoms with Gasteiger partial charge in [-0.05, 0) is 72.6 Å². The van der Waals surface area contributed by atoms with Crippen LogP contribution in [0.1, 0.15) is 34.6 Å². The van der Waals surface area contributed by atoms with Crippen LogP contribution in [-0.2, 0) is 19.5 Å². The van der Waals surface area contributed by atoms with Gasteiger partial charge in [0.05, 0.1) is 13.7 Å². The molecule has 0 saturated carbocycles. The number of carbonyl (C=O) groups excluding carboxylic acids is 1. The van der Waals surface area contributed by atoms with Gasteiger partial charge in [-0.15, -0.1) is 5.10 Å². The van der Waals surface area contributed by atoms with E-state index in [0.29, 0.717) is 6.54 Å². The molecule has 0 bridgehead atoms. The van der Waals surface area contributed by atoms with Gasteiger partial charge in [0.25, 0.3) is 0 Å². The Labute approximate surface area is 176 Å². The number of aryl methyl sites for hydroxylation is 2.